The summed E-state index contributed by atoms with van der Waals surface area (Å²) in [6.07, 6.45) is 9.38. The summed E-state index contributed by atoms with van der Waals surface area (Å²) in [6.45, 7) is 8.44. The van der Waals surface area contributed by atoms with Gasteiger partial charge >= 0.3 is 0 Å². The molecule has 2 heterocycles. The Balaban J connectivity index is 0.000000878. The predicted octanol–water partition coefficient (Wildman–Crippen LogP) is 5.03. The molecule has 1 aliphatic rings. The number of rotatable bonds is 4. The van der Waals surface area contributed by atoms with E-state index in [9.17, 15) is 14.0 Å². The number of nitrogens with zero attached hydrogens (tertiary/aromatic N) is 1. The van der Waals surface area contributed by atoms with Crippen LogP contribution in [-0.2, 0) is 6.42 Å². The zero-order valence-electron chi connectivity index (χ0n) is 15.9. The number of anilines is 1. The van der Waals surface area contributed by atoms with Gasteiger partial charge in [0.05, 0.1) is 11.1 Å². The minimum absolute atomic E-state index is 0.0764. The van der Waals surface area contributed by atoms with E-state index in [-0.39, 0.29) is 24.0 Å². The van der Waals surface area contributed by atoms with Crippen LogP contribution in [0.1, 0.15) is 46.2 Å². The van der Waals surface area contributed by atoms with Crippen molar-refractivity contribution in [1.29, 1.82) is 0 Å². The minimum Gasteiger partial charge on any atom is -0.364 e. The molecule has 3 rings (SSSR count). The highest BCUT2D eigenvalue weighted by Crippen LogP contribution is 2.28. The van der Waals surface area contributed by atoms with Crippen molar-refractivity contribution in [3.8, 4) is 0 Å². The highest BCUT2D eigenvalue weighted by molar-refractivity contribution is 6.13. The Hall–Kier alpha value is -3.28. The van der Waals surface area contributed by atoms with Crippen molar-refractivity contribution in [3.05, 3.63) is 84.6 Å². The molecule has 6 heteroatoms. The van der Waals surface area contributed by atoms with Gasteiger partial charge in [0.15, 0.2) is 5.78 Å². The molecule has 0 saturated carbocycles. The summed E-state index contributed by atoms with van der Waals surface area (Å²) in [5, 5.41) is 2.69. The van der Waals surface area contributed by atoms with Crippen LogP contribution >= 0.6 is 0 Å². The first-order valence-electron chi connectivity index (χ1n) is 9.01. The van der Waals surface area contributed by atoms with Crippen LogP contribution in [0.5, 0.6) is 0 Å². The van der Waals surface area contributed by atoms with Crippen LogP contribution in [0, 0.1) is 5.92 Å². The summed E-state index contributed by atoms with van der Waals surface area (Å²) in [5.74, 6) is -0.696. The number of Topliss-reactive ketones (excluding diaryl/α,β-unsaturated/α-hetero) is 1. The Bertz CT molecular complexity index is 884. The molecule has 1 unspecified atom stereocenters. The molecule has 146 valence electrons. The molecule has 1 aliphatic carbocycles. The van der Waals surface area contributed by atoms with E-state index in [1.54, 1.807) is 42.7 Å². The van der Waals surface area contributed by atoms with Crippen LogP contribution in [0.25, 0.3) is 0 Å². The number of aromatic nitrogens is 2. The predicted molar refractivity (Wildman–Crippen MR) is 109 cm³/mol. The molecule has 1 atom stereocenters. The fourth-order valence-corrected chi connectivity index (χ4v) is 2.96. The van der Waals surface area contributed by atoms with Crippen molar-refractivity contribution in [2.75, 3.05) is 5.32 Å². The summed E-state index contributed by atoms with van der Waals surface area (Å²) in [4.78, 5) is 32.2. The van der Waals surface area contributed by atoms with Crippen molar-refractivity contribution < 1.29 is 14.0 Å². The maximum Gasteiger partial charge on any atom is 0.259 e. The number of H-pyrrole nitrogens is 1. The van der Waals surface area contributed by atoms with Gasteiger partial charge in [-0.15, -0.1) is 6.58 Å². The van der Waals surface area contributed by atoms with Crippen molar-refractivity contribution in [2.45, 2.75) is 26.2 Å². The zero-order valence-corrected chi connectivity index (χ0v) is 15.9. The van der Waals surface area contributed by atoms with Crippen molar-refractivity contribution >= 4 is 17.5 Å². The molecule has 1 amide bonds. The molecule has 0 bridgehead atoms. The number of aromatic amines is 1. The Labute approximate surface area is 164 Å². The molecule has 28 heavy (non-hydrogen) atoms. The highest BCUT2D eigenvalue weighted by atomic mass is 19.1. The van der Waals surface area contributed by atoms with Crippen LogP contribution in [0.4, 0.5) is 10.2 Å². The van der Waals surface area contributed by atoms with Crippen molar-refractivity contribution in [3.63, 3.8) is 0 Å². The quantitative estimate of drug-likeness (QED) is 0.443. The van der Waals surface area contributed by atoms with Gasteiger partial charge in [-0.1, -0.05) is 24.8 Å². The van der Waals surface area contributed by atoms with E-state index >= 15 is 0 Å². The minimum atomic E-state index is -0.536. The topological polar surface area (TPSA) is 74.8 Å². The first-order chi connectivity index (χ1) is 13.5. The summed E-state index contributed by atoms with van der Waals surface area (Å²) < 4.78 is 12.8. The number of carbonyl (C=O) groups excluding carboxylic acids is 2. The van der Waals surface area contributed by atoms with E-state index < -0.39 is 5.83 Å². The lowest BCUT2D eigenvalue weighted by atomic mass is 9.97. The number of hydrogen-bond donors (Lipinski definition) is 2. The van der Waals surface area contributed by atoms with E-state index in [1.807, 2.05) is 6.92 Å². The van der Waals surface area contributed by atoms with Crippen LogP contribution in [-0.4, -0.2) is 21.7 Å². The maximum atomic E-state index is 12.8. The number of ketones is 1. The second-order valence-electron chi connectivity index (χ2n) is 6.37. The standard InChI is InChI=1S/C19H18FN3O2.C3H6/c1-12(20)5-6-13-7-8-15-18(16(24)10-13)14(11-22-15)19(25)23-17-4-2-3-9-21-17;1-3-2/h2-6,9,11,13,22H,1,7-8,10H2,(H,21,23,25);3H,1H2,2H3/b6-5-;. The molecular weight excluding hydrogens is 357 g/mol. The number of halogens is 1. The average Bonchev–Trinajstić information content (AvgIpc) is 3.03. The smallest absolute Gasteiger partial charge is 0.259 e. The molecule has 0 aliphatic heterocycles. The van der Waals surface area contributed by atoms with Gasteiger partial charge in [0.1, 0.15) is 11.6 Å². The number of pyridine rings is 1. The molecule has 0 saturated heterocycles. The van der Waals surface area contributed by atoms with E-state index in [4.69, 9.17) is 0 Å². The van der Waals surface area contributed by atoms with Crippen LogP contribution in [0.2, 0.25) is 0 Å². The lowest BCUT2D eigenvalue weighted by Crippen LogP contribution is -2.16. The Morgan fingerprint density at radius 1 is 1.43 bits per heavy atom. The molecule has 2 aromatic rings. The highest BCUT2D eigenvalue weighted by Gasteiger charge is 2.27. The summed E-state index contributed by atoms with van der Waals surface area (Å²) in [7, 11) is 0. The van der Waals surface area contributed by atoms with Gasteiger partial charge in [0.2, 0.25) is 0 Å². The first-order valence-corrected chi connectivity index (χ1v) is 9.01. The Kier molecular flexibility index (Phi) is 7.63. The number of amides is 1. The molecule has 0 aromatic carbocycles. The largest absolute Gasteiger partial charge is 0.364 e. The van der Waals surface area contributed by atoms with Crippen LogP contribution in [0.3, 0.4) is 0 Å². The van der Waals surface area contributed by atoms with Crippen LogP contribution < -0.4 is 5.32 Å². The number of nitrogens with one attached hydrogen (secondary N) is 2. The molecule has 2 N–H and O–H groups in total. The fourth-order valence-electron chi connectivity index (χ4n) is 2.96. The van der Waals surface area contributed by atoms with Crippen molar-refractivity contribution in [1.82, 2.24) is 9.97 Å². The lowest BCUT2D eigenvalue weighted by molar-refractivity contribution is 0.0956. The van der Waals surface area contributed by atoms with E-state index in [0.717, 1.165) is 5.69 Å². The van der Waals surface area contributed by atoms with Crippen LogP contribution in [0.15, 0.2) is 67.8 Å². The number of carbonyl (C=O) groups is 2. The molecule has 0 radical (unpaired) electrons. The lowest BCUT2D eigenvalue weighted by Gasteiger charge is -2.07. The van der Waals surface area contributed by atoms with Gasteiger partial charge in [0.25, 0.3) is 5.91 Å². The average molecular weight is 381 g/mol. The van der Waals surface area contributed by atoms with Gasteiger partial charge in [-0.2, -0.15) is 0 Å². The number of allylic oxidation sites excluding steroid dienone is 4. The number of hydrogen-bond acceptors (Lipinski definition) is 3. The molecule has 5 nitrogen and oxygen atoms in total. The third-order valence-corrected chi connectivity index (χ3v) is 4.15. The molecule has 2 aromatic heterocycles. The van der Waals surface area contributed by atoms with Gasteiger partial charge < -0.3 is 10.3 Å². The van der Waals surface area contributed by atoms with Gasteiger partial charge in [-0.05, 0) is 43.9 Å². The Morgan fingerprint density at radius 3 is 2.82 bits per heavy atom. The summed E-state index contributed by atoms with van der Waals surface area (Å²) >= 11 is 0. The zero-order chi connectivity index (χ0) is 20.5. The summed E-state index contributed by atoms with van der Waals surface area (Å²) in [5.41, 5.74) is 1.47. The van der Waals surface area contributed by atoms with Gasteiger partial charge in [0, 0.05) is 24.5 Å². The molecule has 0 spiro atoms. The molecular formula is C22H24FN3O2. The monoisotopic (exact) mass is 381 g/mol. The number of aryl methyl sites for hydroxylation is 1. The second-order valence-corrected chi connectivity index (χ2v) is 6.37. The van der Waals surface area contributed by atoms with Gasteiger partial charge in [-0.25, -0.2) is 9.37 Å². The first kappa shape index (κ1) is 21.0. The normalized spacial score (nSPS) is 15.8. The van der Waals surface area contributed by atoms with E-state index in [2.05, 4.69) is 28.4 Å². The fraction of sp³-hybridized carbons (Fsp3) is 0.227. The maximum absolute atomic E-state index is 12.8. The SMILES string of the molecule is C=C(F)/C=C\C1CCc2[nH]cc(C(=O)Nc3ccccn3)c2C(=O)C1.C=CC. The van der Waals surface area contributed by atoms with Crippen molar-refractivity contribution in [2.24, 2.45) is 5.92 Å². The number of fused-ring (bicyclic) bond motifs is 1. The third kappa shape index (κ3) is 5.61. The Morgan fingerprint density at radius 2 is 2.18 bits per heavy atom. The third-order valence-electron chi connectivity index (χ3n) is 4.15. The second kappa shape index (κ2) is 10.2. The van der Waals surface area contributed by atoms with E-state index in [0.29, 0.717) is 29.8 Å². The molecule has 0 fully saturated rings. The van der Waals surface area contributed by atoms with Gasteiger partial charge in [-0.3, -0.25) is 9.59 Å². The van der Waals surface area contributed by atoms with E-state index in [1.165, 1.54) is 6.08 Å². The summed E-state index contributed by atoms with van der Waals surface area (Å²) in [6, 6.07) is 5.19.